The van der Waals surface area contributed by atoms with Crippen LogP contribution in [-0.4, -0.2) is 46.7 Å². The molecule has 2 aromatic rings. The summed E-state index contributed by atoms with van der Waals surface area (Å²) >= 11 is 0. The molecule has 4 rings (SSSR count). The number of amides is 2. The Morgan fingerprint density at radius 1 is 0.829 bits per heavy atom. The average molecular weight is 575 g/mol. The quantitative estimate of drug-likeness (QED) is 0.335. The first kappa shape index (κ1) is 30.4. The fourth-order valence-electron chi connectivity index (χ4n) is 6.17. The highest BCUT2D eigenvalue weighted by atomic mass is 19.4. The second-order valence-electron chi connectivity index (χ2n) is 11.1. The Morgan fingerprint density at radius 2 is 1.41 bits per heavy atom. The van der Waals surface area contributed by atoms with Crippen LogP contribution >= 0.6 is 0 Å². The lowest BCUT2D eigenvalue weighted by atomic mass is 9.72. The molecule has 2 saturated carbocycles. The van der Waals surface area contributed by atoms with Gasteiger partial charge in [-0.2, -0.15) is 0 Å². The summed E-state index contributed by atoms with van der Waals surface area (Å²) < 4.78 is 41.8. The van der Waals surface area contributed by atoms with Gasteiger partial charge < -0.3 is 20.1 Å². The molecule has 0 unspecified atom stereocenters. The Labute approximate surface area is 238 Å². The third kappa shape index (κ3) is 8.96. The minimum Gasteiger partial charge on any atom is -0.481 e. The number of carboxylic acids is 1. The summed E-state index contributed by atoms with van der Waals surface area (Å²) in [6.07, 6.45) is 5.29. The Balaban J connectivity index is 1.47. The topological polar surface area (TPSA) is 95.9 Å². The number of ether oxygens (including phenoxy) is 1. The maximum Gasteiger partial charge on any atom is 0.573 e. The van der Waals surface area contributed by atoms with Crippen molar-refractivity contribution in [2.45, 2.75) is 83.2 Å². The molecule has 0 aliphatic heterocycles. The van der Waals surface area contributed by atoms with Crippen molar-refractivity contribution in [1.82, 2.24) is 10.2 Å². The van der Waals surface area contributed by atoms with Crippen molar-refractivity contribution >= 4 is 17.8 Å². The molecular formula is C31H37F3N2O5. The number of carbonyl (C=O) groups is 3. The maximum absolute atomic E-state index is 13.7. The molecule has 0 aromatic heterocycles. The van der Waals surface area contributed by atoms with Crippen LogP contribution in [0.3, 0.4) is 0 Å². The number of carbonyl (C=O) groups excluding carboxylic acids is 2. The van der Waals surface area contributed by atoms with Gasteiger partial charge in [-0.05, 0) is 79.5 Å². The van der Waals surface area contributed by atoms with Crippen LogP contribution < -0.4 is 10.1 Å². The standard InChI is InChI=1S/C31H37F3N2O5/c32-31(33,34)41-27-16-12-25(13-17-27)30(40)36(26-14-10-23(11-15-26)22-4-2-1-3-5-22)20-21-6-8-24(9-7-21)29(39)35-19-18-28(37)38/h6-9,12-13,16-17,22-23,26H,1-5,10-11,14-15,18-20H2,(H,35,39)(H,37,38). The Morgan fingerprint density at radius 3 is 2.00 bits per heavy atom. The Kier molecular flexibility index (Phi) is 10.3. The summed E-state index contributed by atoms with van der Waals surface area (Å²) in [7, 11) is 0. The summed E-state index contributed by atoms with van der Waals surface area (Å²) in [6.45, 7) is 0.313. The second kappa shape index (κ2) is 13.9. The zero-order valence-corrected chi connectivity index (χ0v) is 23.0. The number of hydrogen-bond donors (Lipinski definition) is 2. The van der Waals surface area contributed by atoms with Crippen LogP contribution in [0.4, 0.5) is 13.2 Å². The van der Waals surface area contributed by atoms with Crippen molar-refractivity contribution in [3.63, 3.8) is 0 Å². The van der Waals surface area contributed by atoms with E-state index in [1.54, 1.807) is 29.2 Å². The van der Waals surface area contributed by atoms with Crippen LogP contribution in [0.25, 0.3) is 0 Å². The lowest BCUT2D eigenvalue weighted by molar-refractivity contribution is -0.274. The van der Waals surface area contributed by atoms with Gasteiger partial charge in [0.15, 0.2) is 0 Å². The van der Waals surface area contributed by atoms with Crippen LogP contribution in [-0.2, 0) is 11.3 Å². The van der Waals surface area contributed by atoms with E-state index in [1.807, 2.05) is 0 Å². The maximum atomic E-state index is 13.7. The van der Waals surface area contributed by atoms with E-state index < -0.39 is 12.3 Å². The van der Waals surface area contributed by atoms with E-state index in [2.05, 4.69) is 10.1 Å². The molecular weight excluding hydrogens is 537 g/mol. The zero-order valence-electron chi connectivity index (χ0n) is 23.0. The van der Waals surface area contributed by atoms with E-state index in [9.17, 15) is 27.6 Å². The number of nitrogens with one attached hydrogen (secondary N) is 1. The van der Waals surface area contributed by atoms with E-state index in [4.69, 9.17) is 5.11 Å². The molecule has 222 valence electrons. The first-order valence-electron chi connectivity index (χ1n) is 14.3. The van der Waals surface area contributed by atoms with Crippen LogP contribution in [0.1, 0.15) is 90.5 Å². The molecule has 2 N–H and O–H groups in total. The van der Waals surface area contributed by atoms with Crippen molar-refractivity contribution in [3.05, 3.63) is 65.2 Å². The zero-order chi connectivity index (χ0) is 29.4. The minimum absolute atomic E-state index is 0.00700. The third-order valence-corrected chi connectivity index (χ3v) is 8.29. The molecule has 41 heavy (non-hydrogen) atoms. The largest absolute Gasteiger partial charge is 0.573 e. The number of halogens is 3. The SMILES string of the molecule is O=C(O)CCNC(=O)c1ccc(CN(C(=O)c2ccc(OC(F)(F)F)cc2)C2CCC(C3CCCCC3)CC2)cc1. The second-order valence-corrected chi connectivity index (χ2v) is 11.1. The molecule has 10 heteroatoms. The van der Waals surface area contributed by atoms with E-state index in [-0.39, 0.29) is 42.1 Å². The molecule has 2 amide bonds. The third-order valence-electron chi connectivity index (χ3n) is 8.29. The van der Waals surface area contributed by atoms with Crippen LogP contribution in [0, 0.1) is 11.8 Å². The highest BCUT2D eigenvalue weighted by Crippen LogP contribution is 2.40. The number of nitrogens with zero attached hydrogens (tertiary/aromatic N) is 1. The summed E-state index contributed by atoms with van der Waals surface area (Å²) in [4.78, 5) is 38.5. The van der Waals surface area contributed by atoms with Gasteiger partial charge >= 0.3 is 12.3 Å². The van der Waals surface area contributed by atoms with Crippen molar-refractivity contribution < 1.29 is 37.4 Å². The predicted octanol–water partition coefficient (Wildman–Crippen LogP) is 6.57. The van der Waals surface area contributed by atoms with Crippen LogP contribution in [0.2, 0.25) is 0 Å². The van der Waals surface area contributed by atoms with Gasteiger partial charge in [0.1, 0.15) is 5.75 Å². The molecule has 2 fully saturated rings. The van der Waals surface area contributed by atoms with Crippen LogP contribution in [0.15, 0.2) is 48.5 Å². The first-order valence-corrected chi connectivity index (χ1v) is 14.3. The molecule has 2 aromatic carbocycles. The molecule has 2 aliphatic carbocycles. The van der Waals surface area contributed by atoms with Gasteiger partial charge in [0, 0.05) is 30.3 Å². The molecule has 0 spiro atoms. The Bertz CT molecular complexity index is 1170. The summed E-state index contributed by atoms with van der Waals surface area (Å²) in [5.74, 6) is -0.606. The van der Waals surface area contributed by atoms with Gasteiger partial charge in [0.05, 0.1) is 6.42 Å². The highest BCUT2D eigenvalue weighted by Gasteiger charge is 2.34. The van der Waals surface area contributed by atoms with Crippen molar-refractivity contribution in [2.24, 2.45) is 11.8 Å². The summed E-state index contributed by atoms with van der Waals surface area (Å²) in [6, 6.07) is 11.8. The van der Waals surface area contributed by atoms with E-state index in [0.29, 0.717) is 18.0 Å². The number of alkyl halides is 3. The minimum atomic E-state index is -4.81. The highest BCUT2D eigenvalue weighted by molar-refractivity contribution is 5.95. The first-order chi connectivity index (χ1) is 19.6. The Hall–Kier alpha value is -3.56. The monoisotopic (exact) mass is 574 g/mol. The van der Waals surface area contributed by atoms with E-state index >= 15 is 0 Å². The average Bonchev–Trinajstić information content (AvgIpc) is 2.96. The number of benzene rings is 2. The van der Waals surface area contributed by atoms with Gasteiger partial charge in [-0.25, -0.2) is 0 Å². The lowest BCUT2D eigenvalue weighted by Crippen LogP contribution is -2.42. The van der Waals surface area contributed by atoms with Gasteiger partial charge in [-0.3, -0.25) is 14.4 Å². The molecule has 2 aliphatic rings. The fraction of sp³-hybridized carbons (Fsp3) is 0.516. The van der Waals surface area contributed by atoms with Gasteiger partial charge in [-0.1, -0.05) is 44.2 Å². The molecule has 0 radical (unpaired) electrons. The predicted molar refractivity (Wildman–Crippen MR) is 146 cm³/mol. The van der Waals surface area contributed by atoms with Gasteiger partial charge in [0.25, 0.3) is 11.8 Å². The van der Waals surface area contributed by atoms with Crippen molar-refractivity contribution in [2.75, 3.05) is 6.54 Å². The molecule has 0 heterocycles. The molecule has 0 saturated heterocycles. The number of hydrogen-bond acceptors (Lipinski definition) is 4. The van der Waals surface area contributed by atoms with E-state index in [0.717, 1.165) is 49.3 Å². The smallest absolute Gasteiger partial charge is 0.481 e. The normalized spacial score (nSPS) is 19.8. The molecule has 7 nitrogen and oxygen atoms in total. The lowest BCUT2D eigenvalue weighted by Gasteiger charge is -2.40. The number of aliphatic carboxylic acids is 1. The number of rotatable bonds is 10. The summed E-state index contributed by atoms with van der Waals surface area (Å²) in [5.41, 5.74) is 1.47. The number of carboxylic acid groups (broad SMARTS) is 1. The van der Waals surface area contributed by atoms with Gasteiger partial charge in [-0.15, -0.1) is 13.2 Å². The fourth-order valence-corrected chi connectivity index (χ4v) is 6.17. The molecule has 0 atom stereocenters. The van der Waals surface area contributed by atoms with E-state index in [1.165, 1.54) is 44.2 Å². The molecule has 0 bridgehead atoms. The van der Waals surface area contributed by atoms with Crippen molar-refractivity contribution in [3.8, 4) is 5.75 Å². The summed E-state index contributed by atoms with van der Waals surface area (Å²) in [5, 5.41) is 11.3. The van der Waals surface area contributed by atoms with Gasteiger partial charge in [0.2, 0.25) is 0 Å². The van der Waals surface area contributed by atoms with Crippen molar-refractivity contribution in [1.29, 1.82) is 0 Å². The van der Waals surface area contributed by atoms with Crippen LogP contribution in [0.5, 0.6) is 5.75 Å².